The number of ether oxygens (including phenoxy) is 1. The summed E-state index contributed by atoms with van der Waals surface area (Å²) in [7, 11) is 0. The zero-order valence-corrected chi connectivity index (χ0v) is 19.1. The zero-order valence-electron chi connectivity index (χ0n) is 18.3. The monoisotopic (exact) mass is 481 g/mol. The molecule has 0 aliphatic heterocycles. The van der Waals surface area contributed by atoms with Crippen LogP contribution in [0.1, 0.15) is 18.1 Å². The highest BCUT2D eigenvalue weighted by Crippen LogP contribution is 2.27. The number of nitrogens with one attached hydrogen (secondary N) is 2. The van der Waals surface area contributed by atoms with E-state index in [4.69, 9.17) is 10.5 Å². The Morgan fingerprint density at radius 3 is 2.53 bits per heavy atom. The Bertz CT molecular complexity index is 1190. The predicted molar refractivity (Wildman–Crippen MR) is 132 cm³/mol. The fourth-order valence-electron chi connectivity index (χ4n) is 3.01. The number of rotatable bonds is 8. The first-order valence-electron chi connectivity index (χ1n) is 10.3. The minimum absolute atomic E-state index is 0.0841. The molecule has 7 nitrogen and oxygen atoms in total. The van der Waals surface area contributed by atoms with Crippen LogP contribution in [0.5, 0.6) is 5.75 Å². The maximum atomic E-state index is 13.9. The van der Waals surface area contributed by atoms with E-state index in [1.165, 1.54) is 24.3 Å². The van der Waals surface area contributed by atoms with Crippen LogP contribution in [0.3, 0.4) is 0 Å². The summed E-state index contributed by atoms with van der Waals surface area (Å²) in [5.74, 6) is -1.79. The molecule has 0 unspecified atom stereocenters. The van der Waals surface area contributed by atoms with E-state index in [0.717, 1.165) is 11.0 Å². The minimum Gasteiger partial charge on any atom is -0.505 e. The highest BCUT2D eigenvalue weighted by molar-refractivity contribution is 7.98. The maximum Gasteiger partial charge on any atom is 0.412 e. The summed E-state index contributed by atoms with van der Waals surface area (Å²) in [5.41, 5.74) is 7.57. The molecule has 1 atom stereocenters. The molecule has 5 N–H and O–H groups in total. The third-order valence-corrected chi connectivity index (χ3v) is 5.51. The number of nitrogens with two attached hydrogens (primary N) is 1. The van der Waals surface area contributed by atoms with Gasteiger partial charge in [-0.2, -0.15) is 0 Å². The molecule has 0 aliphatic rings. The number of halogens is 1. The first-order valence-corrected chi connectivity index (χ1v) is 11.5. The highest BCUT2D eigenvalue weighted by Gasteiger charge is 2.18. The Labute approximate surface area is 200 Å². The van der Waals surface area contributed by atoms with Crippen molar-refractivity contribution in [2.45, 2.75) is 17.4 Å². The first kappa shape index (κ1) is 24.7. The number of anilines is 3. The number of para-hydroxylation sites is 2. The van der Waals surface area contributed by atoms with Crippen LogP contribution in [0.2, 0.25) is 0 Å². The first-order chi connectivity index (χ1) is 16.4. The molecule has 0 saturated heterocycles. The molecule has 0 bridgehead atoms. The standard InChI is InChI=1S/C25H24FN3O4S/c1-34-18-12-10-17(11-13-18)28-25(32)33-23(16-9-14-22(30)19(26)15-16)7-4-8-24(31)29-21-6-3-2-5-20(21)27/h2-6,8-15,23,30H,7,27H2,1H3,(H,28,32)(H,29,31)/b8-4+/t23-/m1/s1. The van der Waals surface area contributed by atoms with Gasteiger partial charge in [0.1, 0.15) is 6.10 Å². The molecule has 0 radical (unpaired) electrons. The van der Waals surface area contributed by atoms with E-state index < -0.39 is 29.7 Å². The second-order valence-electron chi connectivity index (χ2n) is 7.17. The molecular weight excluding hydrogens is 457 g/mol. The van der Waals surface area contributed by atoms with Gasteiger partial charge in [0, 0.05) is 17.0 Å². The third-order valence-electron chi connectivity index (χ3n) is 4.77. The Hall–Kier alpha value is -3.98. The number of thioether (sulfide) groups is 1. The molecule has 0 spiro atoms. The van der Waals surface area contributed by atoms with Crippen LogP contribution >= 0.6 is 11.8 Å². The third kappa shape index (κ3) is 7.01. The fourth-order valence-corrected chi connectivity index (χ4v) is 3.42. The van der Waals surface area contributed by atoms with Gasteiger partial charge in [-0.1, -0.05) is 24.3 Å². The molecule has 3 rings (SSSR count). The molecule has 2 amide bonds. The molecule has 0 aromatic heterocycles. The lowest BCUT2D eigenvalue weighted by Gasteiger charge is -2.18. The van der Waals surface area contributed by atoms with E-state index in [2.05, 4.69) is 10.6 Å². The second-order valence-corrected chi connectivity index (χ2v) is 8.05. The van der Waals surface area contributed by atoms with Crippen molar-refractivity contribution in [3.8, 4) is 5.75 Å². The van der Waals surface area contributed by atoms with E-state index in [-0.39, 0.29) is 6.42 Å². The SMILES string of the molecule is CSc1ccc(NC(=O)O[C@H](C/C=C/C(=O)Nc2ccccc2N)c2ccc(O)c(F)c2)cc1. The van der Waals surface area contributed by atoms with Gasteiger partial charge >= 0.3 is 6.09 Å². The van der Waals surface area contributed by atoms with E-state index in [1.54, 1.807) is 48.2 Å². The van der Waals surface area contributed by atoms with E-state index in [0.29, 0.717) is 22.6 Å². The number of amides is 2. The van der Waals surface area contributed by atoms with Crippen LogP contribution in [-0.2, 0) is 9.53 Å². The normalized spacial score (nSPS) is 11.7. The number of carbonyl (C=O) groups is 2. The van der Waals surface area contributed by atoms with Crippen molar-refractivity contribution < 1.29 is 23.8 Å². The van der Waals surface area contributed by atoms with Crippen molar-refractivity contribution in [1.29, 1.82) is 0 Å². The summed E-state index contributed by atoms with van der Waals surface area (Å²) >= 11 is 1.57. The molecule has 0 heterocycles. The van der Waals surface area contributed by atoms with Gasteiger partial charge in [0.25, 0.3) is 0 Å². The van der Waals surface area contributed by atoms with Crippen LogP contribution in [0.15, 0.2) is 83.8 Å². The van der Waals surface area contributed by atoms with Gasteiger partial charge in [-0.25, -0.2) is 9.18 Å². The summed E-state index contributed by atoms with van der Waals surface area (Å²) in [5, 5.41) is 14.8. The van der Waals surface area contributed by atoms with Crippen LogP contribution in [0.25, 0.3) is 0 Å². The number of carbonyl (C=O) groups excluding carboxylic acids is 2. The lowest BCUT2D eigenvalue weighted by molar-refractivity contribution is -0.111. The van der Waals surface area contributed by atoms with Crippen molar-refractivity contribution in [3.63, 3.8) is 0 Å². The number of hydrogen-bond donors (Lipinski definition) is 4. The summed E-state index contributed by atoms with van der Waals surface area (Å²) in [6.07, 6.45) is 3.15. The van der Waals surface area contributed by atoms with Crippen molar-refractivity contribution in [2.75, 3.05) is 22.6 Å². The van der Waals surface area contributed by atoms with Crippen molar-refractivity contribution >= 4 is 40.8 Å². The molecule has 3 aromatic rings. The summed E-state index contributed by atoms with van der Waals surface area (Å²) in [4.78, 5) is 25.7. The molecule has 9 heteroatoms. The molecule has 3 aromatic carbocycles. The van der Waals surface area contributed by atoms with Crippen LogP contribution in [-0.4, -0.2) is 23.4 Å². The largest absolute Gasteiger partial charge is 0.505 e. The van der Waals surface area contributed by atoms with E-state index in [9.17, 15) is 19.1 Å². The highest BCUT2D eigenvalue weighted by atomic mass is 32.2. The Kier molecular flexibility index (Phi) is 8.53. The van der Waals surface area contributed by atoms with Gasteiger partial charge in [0.15, 0.2) is 11.6 Å². The summed E-state index contributed by atoms with van der Waals surface area (Å²) in [6, 6.07) is 17.7. The Balaban J connectivity index is 1.69. The Morgan fingerprint density at radius 2 is 1.85 bits per heavy atom. The lowest BCUT2D eigenvalue weighted by Crippen LogP contribution is -2.17. The number of aromatic hydroxyl groups is 1. The summed E-state index contributed by atoms with van der Waals surface area (Å²) in [6.45, 7) is 0. The number of hydrogen-bond acceptors (Lipinski definition) is 6. The number of phenolic OH excluding ortho intramolecular Hbond substituents is 1. The molecule has 0 aliphatic carbocycles. The smallest absolute Gasteiger partial charge is 0.412 e. The van der Waals surface area contributed by atoms with Crippen molar-refractivity contribution in [3.05, 3.63) is 90.3 Å². The topological polar surface area (TPSA) is 114 Å². The van der Waals surface area contributed by atoms with Crippen molar-refractivity contribution in [2.24, 2.45) is 0 Å². The van der Waals surface area contributed by atoms with Gasteiger partial charge in [0.05, 0.1) is 11.4 Å². The minimum atomic E-state index is -0.911. The molecule has 176 valence electrons. The van der Waals surface area contributed by atoms with Gasteiger partial charge in [-0.3, -0.25) is 10.1 Å². The fraction of sp³-hybridized carbons (Fsp3) is 0.120. The average molecular weight is 482 g/mol. The molecule has 0 fully saturated rings. The predicted octanol–water partition coefficient (Wildman–Crippen LogP) is 5.71. The summed E-state index contributed by atoms with van der Waals surface area (Å²) < 4.78 is 19.4. The van der Waals surface area contributed by atoms with Gasteiger partial charge < -0.3 is 20.9 Å². The van der Waals surface area contributed by atoms with Gasteiger partial charge in [0.2, 0.25) is 5.91 Å². The molecule has 0 saturated carbocycles. The van der Waals surface area contributed by atoms with Crippen molar-refractivity contribution in [1.82, 2.24) is 0 Å². The molecule has 34 heavy (non-hydrogen) atoms. The zero-order chi connectivity index (χ0) is 24.5. The maximum absolute atomic E-state index is 13.9. The van der Waals surface area contributed by atoms with Gasteiger partial charge in [-0.05, 0) is 66.4 Å². The van der Waals surface area contributed by atoms with Gasteiger partial charge in [-0.15, -0.1) is 11.8 Å². The van der Waals surface area contributed by atoms with Crippen LogP contribution in [0, 0.1) is 5.82 Å². The quantitative estimate of drug-likeness (QED) is 0.186. The number of nitrogen functional groups attached to an aromatic ring is 1. The van der Waals surface area contributed by atoms with E-state index in [1.807, 2.05) is 18.4 Å². The number of phenols is 1. The Morgan fingerprint density at radius 1 is 1.12 bits per heavy atom. The molecular formula is C25H24FN3O4S. The van der Waals surface area contributed by atoms with E-state index >= 15 is 0 Å². The van der Waals surface area contributed by atoms with Crippen LogP contribution in [0.4, 0.5) is 26.2 Å². The lowest BCUT2D eigenvalue weighted by atomic mass is 10.1. The second kappa shape index (κ2) is 11.8. The average Bonchev–Trinajstić information content (AvgIpc) is 2.82. The van der Waals surface area contributed by atoms with Crippen LogP contribution < -0.4 is 16.4 Å². The number of benzene rings is 3.